The van der Waals surface area contributed by atoms with E-state index in [1.807, 2.05) is 42.5 Å². The zero-order valence-electron chi connectivity index (χ0n) is 14.5. The van der Waals surface area contributed by atoms with Crippen LogP contribution in [0.1, 0.15) is 5.56 Å². The Bertz CT molecular complexity index is 1090. The average molecular weight is 376 g/mol. The van der Waals surface area contributed by atoms with Gasteiger partial charge in [0.25, 0.3) is 0 Å². The third kappa shape index (κ3) is 3.83. The minimum atomic E-state index is 0.0133. The molecule has 0 aliphatic rings. The number of benzene rings is 4. The van der Waals surface area contributed by atoms with Crippen molar-refractivity contribution >= 4 is 28.1 Å². The van der Waals surface area contributed by atoms with Crippen molar-refractivity contribution in [1.82, 2.24) is 0 Å². The van der Waals surface area contributed by atoms with Crippen molar-refractivity contribution in [2.75, 3.05) is 5.32 Å². The molecule has 134 valence electrons. The third-order valence-electron chi connectivity index (χ3n) is 4.37. The highest BCUT2D eigenvalue weighted by Crippen LogP contribution is 2.34. The Kier molecular flexibility index (Phi) is 4.86. The van der Waals surface area contributed by atoms with E-state index in [1.54, 1.807) is 12.1 Å². The summed E-state index contributed by atoms with van der Waals surface area (Å²) in [6.45, 7) is 0.596. The van der Waals surface area contributed by atoms with Crippen LogP contribution in [0.15, 0.2) is 84.9 Å². The summed E-state index contributed by atoms with van der Waals surface area (Å²) >= 11 is 5.89. The number of nitrogens with one attached hydrogen (secondary N) is 1. The Labute approximate surface area is 162 Å². The van der Waals surface area contributed by atoms with Crippen LogP contribution in [-0.4, -0.2) is 5.11 Å². The molecule has 0 saturated carbocycles. The fourth-order valence-electron chi connectivity index (χ4n) is 3.01. The van der Waals surface area contributed by atoms with E-state index in [0.29, 0.717) is 23.1 Å². The third-order valence-corrected chi connectivity index (χ3v) is 4.61. The maximum absolute atomic E-state index is 10.0. The minimum absolute atomic E-state index is 0.0133. The molecule has 4 aromatic rings. The summed E-state index contributed by atoms with van der Waals surface area (Å²) in [7, 11) is 0. The summed E-state index contributed by atoms with van der Waals surface area (Å²) in [6.07, 6.45) is 0. The van der Waals surface area contributed by atoms with Crippen LogP contribution < -0.4 is 10.1 Å². The zero-order valence-corrected chi connectivity index (χ0v) is 15.3. The standard InChI is InChI=1S/C23H18ClNO2/c24-18-12-13-23(21(26)14-18)27-22-11-4-2-7-17(22)15-25-20-10-5-8-16-6-1-3-9-19(16)20/h1-14,25-26H,15H2. The maximum atomic E-state index is 10.0. The van der Waals surface area contributed by atoms with Gasteiger partial charge in [-0.05, 0) is 29.7 Å². The molecule has 0 bridgehead atoms. The van der Waals surface area contributed by atoms with Gasteiger partial charge >= 0.3 is 0 Å². The summed E-state index contributed by atoms with van der Waals surface area (Å²) in [5.41, 5.74) is 2.05. The predicted octanol–water partition coefficient (Wildman–Crippen LogP) is 6.60. The lowest BCUT2D eigenvalue weighted by atomic mass is 10.1. The zero-order chi connectivity index (χ0) is 18.6. The van der Waals surface area contributed by atoms with Gasteiger partial charge in [0, 0.05) is 34.3 Å². The van der Waals surface area contributed by atoms with Crippen molar-refractivity contribution in [3.63, 3.8) is 0 Å². The number of fused-ring (bicyclic) bond motifs is 1. The van der Waals surface area contributed by atoms with Crippen molar-refractivity contribution in [1.29, 1.82) is 0 Å². The first-order valence-corrected chi connectivity index (χ1v) is 9.04. The molecule has 0 aliphatic heterocycles. The van der Waals surface area contributed by atoms with E-state index >= 15 is 0 Å². The number of halogens is 1. The number of phenols is 1. The van der Waals surface area contributed by atoms with Gasteiger partial charge in [-0.15, -0.1) is 0 Å². The number of phenolic OH excluding ortho intramolecular Hbond substituents is 1. The topological polar surface area (TPSA) is 41.5 Å². The lowest BCUT2D eigenvalue weighted by Gasteiger charge is -2.14. The van der Waals surface area contributed by atoms with Crippen LogP contribution in [0.2, 0.25) is 5.02 Å². The second kappa shape index (κ2) is 7.60. The van der Waals surface area contributed by atoms with E-state index in [0.717, 1.165) is 11.3 Å². The number of hydrogen-bond donors (Lipinski definition) is 2. The van der Waals surface area contributed by atoms with Gasteiger partial charge in [0.05, 0.1) is 0 Å². The summed E-state index contributed by atoms with van der Waals surface area (Å²) in [5, 5.41) is 16.4. The maximum Gasteiger partial charge on any atom is 0.169 e. The summed E-state index contributed by atoms with van der Waals surface area (Å²) in [5.74, 6) is 1.07. The van der Waals surface area contributed by atoms with E-state index in [1.165, 1.54) is 16.8 Å². The van der Waals surface area contributed by atoms with Crippen LogP contribution in [0, 0.1) is 0 Å². The van der Waals surface area contributed by atoms with E-state index in [-0.39, 0.29) is 5.75 Å². The Morgan fingerprint density at radius 1 is 0.815 bits per heavy atom. The molecular weight excluding hydrogens is 358 g/mol. The van der Waals surface area contributed by atoms with Gasteiger partial charge in [-0.25, -0.2) is 0 Å². The first kappa shape index (κ1) is 17.3. The lowest BCUT2D eigenvalue weighted by molar-refractivity contribution is 0.409. The Morgan fingerprint density at radius 2 is 1.59 bits per heavy atom. The minimum Gasteiger partial charge on any atom is -0.504 e. The molecule has 0 fully saturated rings. The summed E-state index contributed by atoms with van der Waals surface area (Å²) in [6, 6.07) is 27.0. The molecule has 0 aromatic heterocycles. The normalized spacial score (nSPS) is 10.7. The Balaban J connectivity index is 1.58. The summed E-state index contributed by atoms with van der Waals surface area (Å²) < 4.78 is 5.92. The molecule has 0 spiro atoms. The number of aromatic hydroxyl groups is 1. The van der Waals surface area contributed by atoms with Gasteiger partial charge in [-0.3, -0.25) is 0 Å². The second-order valence-electron chi connectivity index (χ2n) is 6.20. The van der Waals surface area contributed by atoms with Crippen LogP contribution >= 0.6 is 11.6 Å². The molecular formula is C23H18ClNO2. The Hall–Kier alpha value is -3.17. The summed E-state index contributed by atoms with van der Waals surface area (Å²) in [4.78, 5) is 0. The van der Waals surface area contributed by atoms with E-state index < -0.39 is 0 Å². The molecule has 4 heteroatoms. The monoisotopic (exact) mass is 375 g/mol. The fraction of sp³-hybridized carbons (Fsp3) is 0.0435. The van der Waals surface area contributed by atoms with Gasteiger partial charge in [-0.1, -0.05) is 66.2 Å². The predicted molar refractivity (Wildman–Crippen MR) is 111 cm³/mol. The molecule has 27 heavy (non-hydrogen) atoms. The number of hydrogen-bond acceptors (Lipinski definition) is 3. The van der Waals surface area contributed by atoms with E-state index in [4.69, 9.17) is 16.3 Å². The van der Waals surface area contributed by atoms with Crippen molar-refractivity contribution in [3.8, 4) is 17.2 Å². The molecule has 0 radical (unpaired) electrons. The lowest BCUT2D eigenvalue weighted by Crippen LogP contribution is -2.02. The highest BCUT2D eigenvalue weighted by atomic mass is 35.5. The molecule has 0 amide bonds. The van der Waals surface area contributed by atoms with Crippen LogP contribution in [0.3, 0.4) is 0 Å². The van der Waals surface area contributed by atoms with Crippen molar-refractivity contribution in [2.45, 2.75) is 6.54 Å². The van der Waals surface area contributed by atoms with Gasteiger partial charge < -0.3 is 15.2 Å². The highest BCUT2D eigenvalue weighted by molar-refractivity contribution is 6.30. The van der Waals surface area contributed by atoms with Gasteiger partial charge in [0.1, 0.15) is 5.75 Å². The van der Waals surface area contributed by atoms with E-state index in [2.05, 4.69) is 29.6 Å². The second-order valence-corrected chi connectivity index (χ2v) is 6.64. The van der Waals surface area contributed by atoms with Crippen molar-refractivity contribution in [3.05, 3.63) is 95.5 Å². The van der Waals surface area contributed by atoms with Crippen LogP contribution in [0.4, 0.5) is 5.69 Å². The van der Waals surface area contributed by atoms with Gasteiger partial charge in [-0.2, -0.15) is 0 Å². The quantitative estimate of drug-likeness (QED) is 0.412. The number of anilines is 1. The molecule has 0 aliphatic carbocycles. The van der Waals surface area contributed by atoms with Gasteiger partial charge in [0.15, 0.2) is 11.5 Å². The molecule has 4 rings (SSSR count). The molecule has 0 saturated heterocycles. The number of ether oxygens (including phenoxy) is 1. The number of para-hydroxylation sites is 1. The first-order valence-electron chi connectivity index (χ1n) is 8.66. The molecule has 4 aromatic carbocycles. The molecule has 0 heterocycles. The molecule has 0 atom stereocenters. The van der Waals surface area contributed by atoms with Crippen LogP contribution in [0.5, 0.6) is 17.2 Å². The van der Waals surface area contributed by atoms with Crippen molar-refractivity contribution in [2.24, 2.45) is 0 Å². The largest absolute Gasteiger partial charge is 0.504 e. The smallest absolute Gasteiger partial charge is 0.169 e. The van der Waals surface area contributed by atoms with E-state index in [9.17, 15) is 5.11 Å². The first-order chi connectivity index (χ1) is 13.2. The van der Waals surface area contributed by atoms with Crippen LogP contribution in [-0.2, 0) is 6.54 Å². The van der Waals surface area contributed by atoms with Crippen molar-refractivity contribution < 1.29 is 9.84 Å². The molecule has 0 unspecified atom stereocenters. The molecule has 3 nitrogen and oxygen atoms in total. The fourth-order valence-corrected chi connectivity index (χ4v) is 3.18. The SMILES string of the molecule is Oc1cc(Cl)ccc1Oc1ccccc1CNc1cccc2ccccc12. The molecule has 2 N–H and O–H groups in total. The average Bonchev–Trinajstić information content (AvgIpc) is 2.69. The Morgan fingerprint density at radius 3 is 2.48 bits per heavy atom. The number of rotatable bonds is 5. The highest BCUT2D eigenvalue weighted by Gasteiger charge is 2.09. The van der Waals surface area contributed by atoms with Crippen LogP contribution in [0.25, 0.3) is 10.8 Å². The van der Waals surface area contributed by atoms with Gasteiger partial charge in [0.2, 0.25) is 0 Å².